The van der Waals surface area contributed by atoms with Crippen molar-refractivity contribution in [1.29, 1.82) is 0 Å². The van der Waals surface area contributed by atoms with Gasteiger partial charge in [0.2, 0.25) is 5.91 Å². The molecule has 2 rings (SSSR count). The van der Waals surface area contributed by atoms with Crippen LogP contribution in [0.5, 0.6) is 5.75 Å². The lowest BCUT2D eigenvalue weighted by Crippen LogP contribution is -2.37. The lowest BCUT2D eigenvalue weighted by molar-refractivity contribution is -0.126. The fourth-order valence-corrected chi connectivity index (χ4v) is 3.03. The molecule has 0 spiro atoms. The van der Waals surface area contributed by atoms with Gasteiger partial charge in [0.05, 0.1) is 0 Å². The van der Waals surface area contributed by atoms with Crippen LogP contribution in [0.1, 0.15) is 57.6 Å². The van der Waals surface area contributed by atoms with Crippen LogP contribution in [0.2, 0.25) is 0 Å². The quantitative estimate of drug-likeness (QED) is 0.865. The third-order valence-corrected chi connectivity index (χ3v) is 4.18. The Morgan fingerprint density at radius 3 is 2.67 bits per heavy atom. The maximum Gasteiger partial charge on any atom is 0.223 e. The molecule has 4 nitrogen and oxygen atoms in total. The van der Waals surface area contributed by atoms with Crippen molar-refractivity contribution >= 4 is 18.3 Å². The van der Waals surface area contributed by atoms with Crippen LogP contribution in [-0.2, 0) is 11.3 Å². The topological polar surface area (TPSA) is 64.4 Å². The lowest BCUT2D eigenvalue weighted by atomic mass is 9.85. The van der Waals surface area contributed by atoms with Gasteiger partial charge < -0.3 is 15.8 Å². The van der Waals surface area contributed by atoms with Crippen LogP contribution in [0, 0.1) is 12.8 Å². The molecule has 0 saturated heterocycles. The molecule has 0 aliphatic heterocycles. The number of hydrogen-bond acceptors (Lipinski definition) is 3. The average Bonchev–Trinajstić information content (AvgIpc) is 2.44. The molecule has 2 unspecified atom stereocenters. The number of hydrogen-bond donors (Lipinski definition) is 2. The average molecular weight is 355 g/mol. The van der Waals surface area contributed by atoms with Crippen molar-refractivity contribution in [3.8, 4) is 5.75 Å². The highest BCUT2D eigenvalue weighted by atomic mass is 35.5. The third-order valence-electron chi connectivity index (χ3n) is 4.18. The second-order valence-corrected chi connectivity index (χ2v) is 7.67. The van der Waals surface area contributed by atoms with Crippen LogP contribution >= 0.6 is 12.4 Å². The van der Waals surface area contributed by atoms with E-state index in [9.17, 15) is 4.79 Å². The second kappa shape index (κ2) is 8.72. The van der Waals surface area contributed by atoms with Gasteiger partial charge in [-0.3, -0.25) is 4.79 Å². The van der Waals surface area contributed by atoms with Crippen LogP contribution in [-0.4, -0.2) is 17.6 Å². The SMILES string of the molecule is Cc1ccc(CNC(=O)C2CCCC(N)C2)c(OC(C)(C)C)c1.Cl. The summed E-state index contributed by atoms with van der Waals surface area (Å²) in [4.78, 5) is 12.4. The fourth-order valence-electron chi connectivity index (χ4n) is 3.03. The van der Waals surface area contributed by atoms with Gasteiger partial charge in [0.25, 0.3) is 0 Å². The normalized spacial score (nSPS) is 20.9. The number of carbonyl (C=O) groups excluding carboxylic acids is 1. The van der Waals surface area contributed by atoms with E-state index in [2.05, 4.69) is 5.32 Å². The Morgan fingerprint density at radius 2 is 2.04 bits per heavy atom. The molecule has 1 amide bonds. The Hall–Kier alpha value is -1.26. The van der Waals surface area contributed by atoms with Crippen LogP contribution in [0.4, 0.5) is 0 Å². The number of amides is 1. The first kappa shape index (κ1) is 20.8. The highest BCUT2D eigenvalue weighted by Crippen LogP contribution is 2.26. The van der Waals surface area contributed by atoms with E-state index < -0.39 is 0 Å². The van der Waals surface area contributed by atoms with E-state index in [0.717, 1.165) is 42.6 Å². The van der Waals surface area contributed by atoms with Crippen molar-refractivity contribution in [2.24, 2.45) is 11.7 Å². The molecular formula is C19H31ClN2O2. The van der Waals surface area contributed by atoms with Crippen LogP contribution in [0.3, 0.4) is 0 Å². The van der Waals surface area contributed by atoms with E-state index in [1.807, 2.05) is 45.9 Å². The summed E-state index contributed by atoms with van der Waals surface area (Å²) in [6.45, 7) is 8.63. The highest BCUT2D eigenvalue weighted by molar-refractivity contribution is 5.85. The first-order valence-corrected chi connectivity index (χ1v) is 8.56. The lowest BCUT2D eigenvalue weighted by Gasteiger charge is -2.26. The molecule has 136 valence electrons. The molecule has 1 aromatic rings. The molecule has 1 aliphatic rings. The number of nitrogens with one attached hydrogen (secondary N) is 1. The van der Waals surface area contributed by atoms with Crippen molar-refractivity contribution < 1.29 is 9.53 Å². The smallest absolute Gasteiger partial charge is 0.223 e. The summed E-state index contributed by atoms with van der Waals surface area (Å²) in [5.41, 5.74) is 7.88. The van der Waals surface area contributed by atoms with Crippen molar-refractivity contribution in [1.82, 2.24) is 5.32 Å². The Balaban J connectivity index is 0.00000288. The number of rotatable bonds is 4. The summed E-state index contributed by atoms with van der Waals surface area (Å²) in [7, 11) is 0. The van der Waals surface area contributed by atoms with Crippen molar-refractivity contribution in [3.05, 3.63) is 29.3 Å². The minimum absolute atomic E-state index is 0. The van der Waals surface area contributed by atoms with Crippen LogP contribution in [0.25, 0.3) is 0 Å². The molecule has 1 aliphatic carbocycles. The van der Waals surface area contributed by atoms with Crippen molar-refractivity contribution in [2.45, 2.75) is 71.6 Å². The maximum absolute atomic E-state index is 12.4. The molecule has 5 heteroatoms. The van der Waals surface area contributed by atoms with Crippen LogP contribution in [0.15, 0.2) is 18.2 Å². The standard InChI is InChI=1S/C19H30N2O2.ClH/c1-13-8-9-15(17(10-13)23-19(2,3)4)12-21-18(22)14-6-5-7-16(20)11-14;/h8-10,14,16H,5-7,11-12,20H2,1-4H3,(H,21,22);1H. The molecule has 0 radical (unpaired) electrons. The Bertz CT molecular complexity index is 555. The molecule has 2 atom stereocenters. The van der Waals surface area contributed by atoms with Gasteiger partial charge in [-0.05, 0) is 58.6 Å². The molecule has 1 aromatic carbocycles. The van der Waals surface area contributed by atoms with Gasteiger partial charge in [-0.15, -0.1) is 12.4 Å². The first-order chi connectivity index (χ1) is 10.7. The fraction of sp³-hybridized carbons (Fsp3) is 0.632. The highest BCUT2D eigenvalue weighted by Gasteiger charge is 2.25. The Labute approximate surface area is 151 Å². The summed E-state index contributed by atoms with van der Waals surface area (Å²) < 4.78 is 6.04. The number of halogens is 1. The number of aryl methyl sites for hydroxylation is 1. The van der Waals surface area contributed by atoms with E-state index in [1.165, 1.54) is 0 Å². The number of nitrogens with two attached hydrogens (primary N) is 1. The van der Waals surface area contributed by atoms with E-state index in [4.69, 9.17) is 10.5 Å². The van der Waals surface area contributed by atoms with Gasteiger partial charge in [0, 0.05) is 24.1 Å². The number of benzene rings is 1. The molecular weight excluding hydrogens is 324 g/mol. The maximum atomic E-state index is 12.4. The molecule has 24 heavy (non-hydrogen) atoms. The number of ether oxygens (including phenoxy) is 1. The van der Waals surface area contributed by atoms with Crippen molar-refractivity contribution in [2.75, 3.05) is 0 Å². The molecule has 0 bridgehead atoms. The first-order valence-electron chi connectivity index (χ1n) is 8.56. The zero-order valence-corrected chi connectivity index (χ0v) is 16.0. The van der Waals surface area contributed by atoms with E-state index in [1.54, 1.807) is 0 Å². The molecule has 1 saturated carbocycles. The van der Waals surface area contributed by atoms with Crippen molar-refractivity contribution in [3.63, 3.8) is 0 Å². The van der Waals surface area contributed by atoms with Crippen LogP contribution < -0.4 is 15.8 Å². The van der Waals surface area contributed by atoms with Gasteiger partial charge in [0.15, 0.2) is 0 Å². The predicted octanol–water partition coefficient (Wildman–Crippen LogP) is 3.73. The van der Waals surface area contributed by atoms with Gasteiger partial charge in [-0.1, -0.05) is 18.6 Å². The number of carbonyl (C=O) groups is 1. The summed E-state index contributed by atoms with van der Waals surface area (Å²) in [6, 6.07) is 6.28. The zero-order valence-electron chi connectivity index (χ0n) is 15.2. The van der Waals surface area contributed by atoms with E-state index >= 15 is 0 Å². The Kier molecular flexibility index (Phi) is 7.56. The monoisotopic (exact) mass is 354 g/mol. The molecule has 0 aromatic heterocycles. The summed E-state index contributed by atoms with van der Waals surface area (Å²) in [5.74, 6) is 1.01. The van der Waals surface area contributed by atoms with Gasteiger partial charge >= 0.3 is 0 Å². The van der Waals surface area contributed by atoms with Gasteiger partial charge in [0.1, 0.15) is 11.4 Å². The van der Waals surface area contributed by atoms with Gasteiger partial charge in [-0.2, -0.15) is 0 Å². The summed E-state index contributed by atoms with van der Waals surface area (Å²) >= 11 is 0. The summed E-state index contributed by atoms with van der Waals surface area (Å²) in [6.07, 6.45) is 3.82. The van der Waals surface area contributed by atoms with E-state index in [0.29, 0.717) is 6.54 Å². The minimum Gasteiger partial charge on any atom is -0.488 e. The summed E-state index contributed by atoms with van der Waals surface area (Å²) in [5, 5.41) is 3.06. The molecule has 1 fully saturated rings. The molecule has 3 N–H and O–H groups in total. The molecule has 0 heterocycles. The largest absolute Gasteiger partial charge is 0.488 e. The van der Waals surface area contributed by atoms with Gasteiger partial charge in [-0.25, -0.2) is 0 Å². The predicted molar refractivity (Wildman–Crippen MR) is 101 cm³/mol. The third kappa shape index (κ3) is 6.33. The Morgan fingerprint density at radius 1 is 1.33 bits per heavy atom. The minimum atomic E-state index is -0.261. The second-order valence-electron chi connectivity index (χ2n) is 7.67. The van der Waals surface area contributed by atoms with E-state index in [-0.39, 0.29) is 35.9 Å². The zero-order chi connectivity index (χ0) is 17.0.